The number of hydrogen-bond acceptors (Lipinski definition) is 2. The maximum Gasteiger partial charge on any atom is 0.124 e. The molecule has 1 nitrogen and oxygen atoms in total. The zero-order valence-electron chi connectivity index (χ0n) is 13.1. The third-order valence-corrected chi connectivity index (χ3v) is 5.32. The molecule has 0 spiro atoms. The quantitative estimate of drug-likeness (QED) is 0.581. The molecule has 3 rings (SSSR count). The Morgan fingerprint density at radius 3 is 1.64 bits per heavy atom. The Balaban J connectivity index is 1.94. The molecule has 0 aliphatic heterocycles. The van der Waals surface area contributed by atoms with Crippen LogP contribution in [0, 0.1) is 11.6 Å². The van der Waals surface area contributed by atoms with Crippen LogP contribution in [-0.4, -0.2) is 10.9 Å². The predicted octanol–water partition coefficient (Wildman–Crippen LogP) is 5.65. The van der Waals surface area contributed by atoms with Crippen LogP contribution in [0.4, 0.5) is 8.78 Å². The average molecular weight is 377 g/mol. The van der Waals surface area contributed by atoms with E-state index in [0.717, 1.165) is 4.90 Å². The van der Waals surface area contributed by atoms with Crippen molar-refractivity contribution in [2.75, 3.05) is 5.75 Å². The van der Waals surface area contributed by atoms with Crippen LogP contribution in [0.5, 0.6) is 0 Å². The molecule has 0 saturated carbocycles. The van der Waals surface area contributed by atoms with Crippen molar-refractivity contribution in [2.45, 2.75) is 10.5 Å². The van der Waals surface area contributed by atoms with Crippen molar-refractivity contribution in [1.82, 2.24) is 0 Å². The zero-order valence-corrected chi connectivity index (χ0v) is 14.7. The van der Waals surface area contributed by atoms with Gasteiger partial charge in [0.05, 0.1) is 0 Å². The van der Waals surface area contributed by atoms with Crippen LogP contribution in [0.15, 0.2) is 77.7 Å². The number of halogens is 3. The van der Waals surface area contributed by atoms with Gasteiger partial charge in [0, 0.05) is 15.7 Å². The van der Waals surface area contributed by atoms with Crippen molar-refractivity contribution in [3.05, 3.63) is 101 Å². The van der Waals surface area contributed by atoms with Gasteiger partial charge in [-0.1, -0.05) is 35.9 Å². The molecular weight excluding hydrogens is 362 g/mol. The molecule has 0 aliphatic carbocycles. The third kappa shape index (κ3) is 4.21. The Bertz CT molecular complexity index is 788. The van der Waals surface area contributed by atoms with Crippen LogP contribution in [0.2, 0.25) is 5.02 Å². The normalized spacial score (nSPS) is 11.5. The number of benzene rings is 3. The monoisotopic (exact) mass is 376 g/mol. The second kappa shape index (κ2) is 7.56. The summed E-state index contributed by atoms with van der Waals surface area (Å²) in [6, 6.07) is 18.7. The highest BCUT2D eigenvalue weighted by molar-refractivity contribution is 7.99. The molecule has 25 heavy (non-hydrogen) atoms. The SMILES string of the molecule is OC(CSc1ccc(Cl)cc1)(c1ccc(F)cc1)c1ccc(F)cc1. The smallest absolute Gasteiger partial charge is 0.124 e. The van der Waals surface area contributed by atoms with Crippen molar-refractivity contribution >= 4 is 23.4 Å². The molecule has 0 atom stereocenters. The van der Waals surface area contributed by atoms with Crippen LogP contribution in [0.25, 0.3) is 0 Å². The fraction of sp³-hybridized carbons (Fsp3) is 0.100. The molecule has 0 fully saturated rings. The Morgan fingerprint density at radius 2 is 1.20 bits per heavy atom. The highest BCUT2D eigenvalue weighted by atomic mass is 35.5. The molecule has 0 aromatic heterocycles. The van der Waals surface area contributed by atoms with E-state index in [9.17, 15) is 13.9 Å². The minimum atomic E-state index is -1.38. The van der Waals surface area contributed by atoms with Gasteiger partial charge in [0.2, 0.25) is 0 Å². The molecular formula is C20H15ClF2OS. The predicted molar refractivity (Wildman–Crippen MR) is 98.0 cm³/mol. The largest absolute Gasteiger partial charge is 0.380 e. The van der Waals surface area contributed by atoms with E-state index in [4.69, 9.17) is 11.6 Å². The van der Waals surface area contributed by atoms with Crippen molar-refractivity contribution < 1.29 is 13.9 Å². The lowest BCUT2D eigenvalue weighted by Crippen LogP contribution is -2.30. The Labute approximate surface area is 154 Å². The molecule has 128 valence electrons. The highest BCUT2D eigenvalue weighted by Crippen LogP contribution is 2.36. The summed E-state index contributed by atoms with van der Waals surface area (Å²) in [5.74, 6) is -0.475. The second-order valence-corrected chi connectivity index (χ2v) is 7.10. The van der Waals surface area contributed by atoms with Crippen molar-refractivity contribution in [1.29, 1.82) is 0 Å². The highest BCUT2D eigenvalue weighted by Gasteiger charge is 2.32. The van der Waals surface area contributed by atoms with Gasteiger partial charge >= 0.3 is 0 Å². The summed E-state index contributed by atoms with van der Waals surface area (Å²) in [6.07, 6.45) is 0. The van der Waals surface area contributed by atoms with Gasteiger partial charge in [0.15, 0.2) is 0 Å². The van der Waals surface area contributed by atoms with Crippen molar-refractivity contribution in [3.8, 4) is 0 Å². The molecule has 0 heterocycles. The lowest BCUT2D eigenvalue weighted by Gasteiger charge is -2.29. The Morgan fingerprint density at radius 1 is 0.760 bits per heavy atom. The molecule has 3 aromatic carbocycles. The van der Waals surface area contributed by atoms with E-state index in [0.29, 0.717) is 16.1 Å². The molecule has 0 unspecified atom stereocenters. The van der Waals surface area contributed by atoms with Crippen molar-refractivity contribution in [2.24, 2.45) is 0 Å². The fourth-order valence-corrected chi connectivity index (χ4v) is 3.67. The summed E-state index contributed by atoms with van der Waals surface area (Å²) in [4.78, 5) is 0.937. The van der Waals surface area contributed by atoms with Gasteiger partial charge in [-0.3, -0.25) is 0 Å². The topological polar surface area (TPSA) is 20.2 Å². The summed E-state index contributed by atoms with van der Waals surface area (Å²) < 4.78 is 26.5. The lowest BCUT2D eigenvalue weighted by molar-refractivity contribution is 0.107. The summed E-state index contributed by atoms with van der Waals surface area (Å²) in [7, 11) is 0. The van der Waals surface area contributed by atoms with E-state index in [2.05, 4.69) is 0 Å². The minimum Gasteiger partial charge on any atom is -0.380 e. The molecule has 0 saturated heterocycles. The van der Waals surface area contributed by atoms with Crippen LogP contribution in [0.3, 0.4) is 0 Å². The summed E-state index contributed by atoms with van der Waals surface area (Å²) in [6.45, 7) is 0. The Hall–Kier alpha value is -1.88. The van der Waals surface area contributed by atoms with Gasteiger partial charge < -0.3 is 5.11 Å². The Kier molecular flexibility index (Phi) is 5.42. The number of thioether (sulfide) groups is 1. The molecule has 0 radical (unpaired) electrons. The van der Waals surface area contributed by atoms with E-state index in [1.54, 1.807) is 36.4 Å². The number of rotatable bonds is 5. The first-order valence-corrected chi connectivity index (χ1v) is 8.96. The van der Waals surface area contributed by atoms with Crippen molar-refractivity contribution in [3.63, 3.8) is 0 Å². The first-order chi connectivity index (χ1) is 12.0. The van der Waals surface area contributed by atoms with Crippen LogP contribution in [0.1, 0.15) is 11.1 Å². The summed E-state index contributed by atoms with van der Waals surface area (Å²) in [5, 5.41) is 12.0. The first-order valence-electron chi connectivity index (χ1n) is 7.60. The lowest BCUT2D eigenvalue weighted by atomic mass is 9.88. The van der Waals surface area contributed by atoms with Gasteiger partial charge in [-0.15, -0.1) is 11.8 Å². The molecule has 0 amide bonds. The zero-order chi connectivity index (χ0) is 17.9. The van der Waals surface area contributed by atoms with Crippen LogP contribution < -0.4 is 0 Å². The molecule has 0 bridgehead atoms. The minimum absolute atomic E-state index is 0.284. The number of aliphatic hydroxyl groups is 1. The van der Waals surface area contributed by atoms with E-state index in [1.807, 2.05) is 12.1 Å². The van der Waals surface area contributed by atoms with Crippen LogP contribution in [-0.2, 0) is 5.60 Å². The average Bonchev–Trinajstić information content (AvgIpc) is 2.62. The first kappa shape index (κ1) is 17.9. The van der Waals surface area contributed by atoms with Gasteiger partial charge in [0.1, 0.15) is 17.2 Å². The maximum atomic E-state index is 13.3. The molecule has 5 heteroatoms. The summed E-state index contributed by atoms with van der Waals surface area (Å²) in [5.41, 5.74) is -0.296. The molecule has 0 aliphatic rings. The van der Waals surface area contributed by atoms with Crippen LogP contribution >= 0.6 is 23.4 Å². The standard InChI is InChI=1S/C20H15ClF2OS/c21-16-5-11-19(12-6-16)25-13-20(24,14-1-7-17(22)8-2-14)15-3-9-18(23)10-4-15/h1-12,24H,13H2. The van der Waals surface area contributed by atoms with Gasteiger partial charge in [-0.05, 0) is 59.7 Å². The molecule has 1 N–H and O–H groups in total. The number of hydrogen-bond donors (Lipinski definition) is 1. The summed E-state index contributed by atoms with van der Waals surface area (Å²) >= 11 is 7.33. The third-order valence-electron chi connectivity index (χ3n) is 3.90. The van der Waals surface area contributed by atoms with E-state index in [1.165, 1.54) is 36.0 Å². The van der Waals surface area contributed by atoms with Gasteiger partial charge in [0.25, 0.3) is 0 Å². The van der Waals surface area contributed by atoms with E-state index < -0.39 is 5.60 Å². The van der Waals surface area contributed by atoms with E-state index in [-0.39, 0.29) is 17.4 Å². The van der Waals surface area contributed by atoms with Gasteiger partial charge in [-0.25, -0.2) is 8.78 Å². The molecule has 3 aromatic rings. The second-order valence-electron chi connectivity index (χ2n) is 5.62. The fourth-order valence-electron chi connectivity index (χ4n) is 2.50. The van der Waals surface area contributed by atoms with E-state index >= 15 is 0 Å². The maximum absolute atomic E-state index is 13.3. The van der Waals surface area contributed by atoms with Gasteiger partial charge in [-0.2, -0.15) is 0 Å².